The molecule has 114 valence electrons. The number of allylic oxidation sites excluding steroid dienone is 1. The van der Waals surface area contributed by atoms with Crippen LogP contribution < -0.4 is 4.74 Å². The van der Waals surface area contributed by atoms with Crippen molar-refractivity contribution in [3.63, 3.8) is 0 Å². The maximum absolute atomic E-state index is 12.5. The Kier molecular flexibility index (Phi) is 4.55. The molecule has 0 aliphatic carbocycles. The fraction of sp³-hybridized carbons (Fsp3) is 0.400. The highest BCUT2D eigenvalue weighted by Gasteiger charge is 2.37. The van der Waals surface area contributed by atoms with Gasteiger partial charge in [-0.1, -0.05) is 0 Å². The summed E-state index contributed by atoms with van der Waals surface area (Å²) in [6.45, 7) is 1.31. The van der Waals surface area contributed by atoms with Crippen LogP contribution in [-0.2, 0) is 4.79 Å². The van der Waals surface area contributed by atoms with Crippen LogP contribution in [0.4, 0.5) is 13.2 Å². The van der Waals surface area contributed by atoms with E-state index in [1.807, 2.05) is 4.90 Å². The van der Waals surface area contributed by atoms with Crippen molar-refractivity contribution in [3.8, 4) is 5.75 Å². The van der Waals surface area contributed by atoms with Gasteiger partial charge in [-0.2, -0.15) is 13.2 Å². The Hall–Kier alpha value is -1.98. The summed E-state index contributed by atoms with van der Waals surface area (Å²) in [5.74, 6) is -1.22. The molecule has 1 aromatic rings. The van der Waals surface area contributed by atoms with E-state index in [4.69, 9.17) is 4.74 Å². The molecule has 21 heavy (non-hydrogen) atoms. The lowest BCUT2D eigenvalue weighted by molar-refractivity contribution is -0.165. The third kappa shape index (κ3) is 3.77. The summed E-state index contributed by atoms with van der Waals surface area (Å²) >= 11 is 0. The van der Waals surface area contributed by atoms with E-state index in [-0.39, 0.29) is 0 Å². The highest BCUT2D eigenvalue weighted by atomic mass is 19.4. The van der Waals surface area contributed by atoms with Crippen LogP contribution in [0.3, 0.4) is 0 Å². The second kappa shape index (κ2) is 6.20. The van der Waals surface area contributed by atoms with Crippen LogP contribution in [0.1, 0.15) is 18.4 Å². The van der Waals surface area contributed by atoms with Crippen molar-refractivity contribution in [1.82, 2.24) is 4.90 Å². The van der Waals surface area contributed by atoms with Gasteiger partial charge in [0, 0.05) is 24.9 Å². The van der Waals surface area contributed by atoms with Gasteiger partial charge in [0.15, 0.2) is 0 Å². The van der Waals surface area contributed by atoms with Crippen molar-refractivity contribution in [3.05, 3.63) is 35.9 Å². The first-order valence-electron chi connectivity index (χ1n) is 6.64. The number of benzene rings is 1. The minimum absolute atomic E-state index is 0.317. The Bertz CT molecular complexity index is 529. The molecule has 0 spiro atoms. The van der Waals surface area contributed by atoms with Gasteiger partial charge >= 0.3 is 6.18 Å². The second-order valence-corrected chi connectivity index (χ2v) is 4.81. The van der Waals surface area contributed by atoms with Gasteiger partial charge in [-0.25, -0.2) is 0 Å². The van der Waals surface area contributed by atoms with Crippen LogP contribution in [0.5, 0.6) is 5.75 Å². The number of halogens is 3. The Morgan fingerprint density at radius 3 is 2.24 bits per heavy atom. The molecule has 1 aliphatic heterocycles. The van der Waals surface area contributed by atoms with Crippen LogP contribution in [0, 0.1) is 0 Å². The SMILES string of the molecule is COc1ccc(/C(=C/C(=O)C(F)(F)F)N2CCCC2)cc1. The molecule has 0 unspecified atom stereocenters. The number of carbonyl (C=O) groups excluding carboxylic acids is 1. The molecule has 1 fully saturated rings. The number of methoxy groups -OCH3 is 1. The van der Waals surface area contributed by atoms with Gasteiger partial charge in [-0.15, -0.1) is 0 Å². The quantitative estimate of drug-likeness (QED) is 0.799. The molecule has 1 aromatic carbocycles. The van der Waals surface area contributed by atoms with E-state index >= 15 is 0 Å². The number of nitrogens with zero attached hydrogens (tertiary/aromatic N) is 1. The van der Waals surface area contributed by atoms with Crippen LogP contribution in [0.2, 0.25) is 0 Å². The zero-order valence-corrected chi connectivity index (χ0v) is 11.6. The smallest absolute Gasteiger partial charge is 0.454 e. The average Bonchev–Trinajstić information content (AvgIpc) is 2.97. The zero-order chi connectivity index (χ0) is 15.5. The molecule has 1 saturated heterocycles. The van der Waals surface area contributed by atoms with Crippen molar-refractivity contribution in [1.29, 1.82) is 0 Å². The van der Waals surface area contributed by atoms with E-state index in [0.29, 0.717) is 36.2 Å². The fourth-order valence-electron chi connectivity index (χ4n) is 2.28. The van der Waals surface area contributed by atoms with Gasteiger partial charge in [0.25, 0.3) is 5.78 Å². The molecule has 1 aliphatic rings. The van der Waals surface area contributed by atoms with Gasteiger partial charge < -0.3 is 9.64 Å². The molecule has 1 heterocycles. The van der Waals surface area contributed by atoms with E-state index < -0.39 is 12.0 Å². The van der Waals surface area contributed by atoms with E-state index in [1.165, 1.54) is 7.11 Å². The minimum Gasteiger partial charge on any atom is -0.497 e. The summed E-state index contributed by atoms with van der Waals surface area (Å²) in [7, 11) is 1.51. The summed E-state index contributed by atoms with van der Waals surface area (Å²) in [5.41, 5.74) is 0.896. The van der Waals surface area contributed by atoms with Gasteiger partial charge in [-0.05, 0) is 42.7 Å². The number of ketones is 1. The summed E-state index contributed by atoms with van der Waals surface area (Å²) in [6, 6.07) is 6.65. The molecule has 0 bridgehead atoms. The van der Waals surface area contributed by atoms with E-state index in [1.54, 1.807) is 24.3 Å². The number of rotatable bonds is 4. The predicted molar refractivity (Wildman–Crippen MR) is 72.8 cm³/mol. The van der Waals surface area contributed by atoms with E-state index in [2.05, 4.69) is 0 Å². The molecule has 0 radical (unpaired) electrons. The summed E-state index contributed by atoms with van der Waals surface area (Å²) < 4.78 is 42.5. The maximum atomic E-state index is 12.5. The number of ether oxygens (including phenoxy) is 1. The summed E-state index contributed by atoms with van der Waals surface area (Å²) in [4.78, 5) is 13.1. The van der Waals surface area contributed by atoms with Crippen LogP contribution in [-0.4, -0.2) is 37.1 Å². The predicted octanol–water partition coefficient (Wildman–Crippen LogP) is 3.26. The molecule has 3 nitrogen and oxygen atoms in total. The first-order valence-corrected chi connectivity index (χ1v) is 6.64. The lowest BCUT2D eigenvalue weighted by atomic mass is 10.1. The number of carbonyl (C=O) groups is 1. The van der Waals surface area contributed by atoms with Crippen molar-refractivity contribution in [2.75, 3.05) is 20.2 Å². The molecular formula is C15H16F3NO2. The molecule has 0 aromatic heterocycles. The highest BCUT2D eigenvalue weighted by Crippen LogP contribution is 2.27. The monoisotopic (exact) mass is 299 g/mol. The molecule has 0 atom stereocenters. The Balaban J connectivity index is 2.35. The topological polar surface area (TPSA) is 29.5 Å². The Morgan fingerprint density at radius 1 is 1.19 bits per heavy atom. The molecule has 2 rings (SSSR count). The lowest BCUT2D eigenvalue weighted by Crippen LogP contribution is -2.24. The van der Waals surface area contributed by atoms with Gasteiger partial charge in [-0.3, -0.25) is 4.79 Å². The van der Waals surface area contributed by atoms with Crippen LogP contribution in [0.25, 0.3) is 5.70 Å². The van der Waals surface area contributed by atoms with Crippen LogP contribution >= 0.6 is 0 Å². The maximum Gasteiger partial charge on any atom is 0.454 e. The third-order valence-electron chi connectivity index (χ3n) is 3.38. The van der Waals surface area contributed by atoms with Gasteiger partial charge in [0.05, 0.1) is 7.11 Å². The van der Waals surface area contributed by atoms with Crippen molar-refractivity contribution >= 4 is 11.5 Å². The highest BCUT2D eigenvalue weighted by molar-refractivity contribution is 6.00. The summed E-state index contributed by atoms with van der Waals surface area (Å²) in [5, 5.41) is 0. The first-order chi connectivity index (χ1) is 9.91. The Morgan fingerprint density at radius 2 is 1.76 bits per heavy atom. The van der Waals surface area contributed by atoms with E-state index in [9.17, 15) is 18.0 Å². The zero-order valence-electron chi connectivity index (χ0n) is 11.6. The number of hydrogen-bond donors (Lipinski definition) is 0. The average molecular weight is 299 g/mol. The molecule has 0 amide bonds. The molecule has 0 saturated carbocycles. The van der Waals surface area contributed by atoms with Crippen molar-refractivity contribution < 1.29 is 22.7 Å². The molecular weight excluding hydrogens is 283 g/mol. The van der Waals surface area contributed by atoms with Crippen molar-refractivity contribution in [2.24, 2.45) is 0 Å². The van der Waals surface area contributed by atoms with Crippen molar-refractivity contribution in [2.45, 2.75) is 19.0 Å². The fourth-order valence-corrected chi connectivity index (χ4v) is 2.28. The normalized spacial score (nSPS) is 16.2. The third-order valence-corrected chi connectivity index (χ3v) is 3.38. The lowest BCUT2D eigenvalue weighted by Gasteiger charge is -2.22. The van der Waals surface area contributed by atoms with Crippen LogP contribution in [0.15, 0.2) is 30.3 Å². The number of likely N-dealkylation sites (tertiary alicyclic amines) is 1. The second-order valence-electron chi connectivity index (χ2n) is 4.81. The Labute approximate surface area is 121 Å². The first kappa shape index (κ1) is 15.4. The largest absolute Gasteiger partial charge is 0.497 e. The minimum atomic E-state index is -4.85. The van der Waals surface area contributed by atoms with Gasteiger partial charge in [0.2, 0.25) is 0 Å². The molecule has 0 N–H and O–H groups in total. The number of hydrogen-bond acceptors (Lipinski definition) is 3. The van der Waals surface area contributed by atoms with Gasteiger partial charge in [0.1, 0.15) is 5.75 Å². The van der Waals surface area contributed by atoms with E-state index in [0.717, 1.165) is 12.8 Å². The summed E-state index contributed by atoms with van der Waals surface area (Å²) in [6.07, 6.45) is -2.34. The molecule has 6 heteroatoms. The number of alkyl halides is 3. The standard InChI is InChI=1S/C15H16F3NO2/c1-21-12-6-4-11(5-7-12)13(19-8-2-3-9-19)10-14(20)15(16,17)18/h4-7,10H,2-3,8-9H2,1H3/b13-10-.